The molecule has 0 aromatic carbocycles. The molecule has 1 heterocycles. The lowest BCUT2D eigenvalue weighted by molar-refractivity contribution is -0.146. The van der Waals surface area contributed by atoms with Crippen LogP contribution in [-0.4, -0.2) is 28.9 Å². The van der Waals surface area contributed by atoms with E-state index in [1.54, 1.807) is 0 Å². The Balaban J connectivity index is 1.82. The first-order valence-corrected chi connectivity index (χ1v) is 10.9. The number of aliphatic carboxylic acids is 1. The van der Waals surface area contributed by atoms with E-state index in [1.807, 2.05) is 26.0 Å². The number of carbonyl (C=O) groups excluding carboxylic acids is 2. The molecule has 1 saturated carbocycles. The molecular weight excluding hydrogens is 376 g/mol. The van der Waals surface area contributed by atoms with Crippen LogP contribution in [0.5, 0.6) is 0 Å². The van der Waals surface area contributed by atoms with E-state index in [-0.39, 0.29) is 17.9 Å². The molecule has 1 aromatic heterocycles. The predicted molar refractivity (Wildman–Crippen MR) is 110 cm³/mol. The minimum absolute atomic E-state index is 0.137. The number of hydrogen-bond acceptors (Lipinski definition) is 4. The second-order valence-corrected chi connectivity index (χ2v) is 8.86. The van der Waals surface area contributed by atoms with Gasteiger partial charge in [0.15, 0.2) is 0 Å². The number of amides is 2. The Hall–Kier alpha value is -2.15. The van der Waals surface area contributed by atoms with Crippen LogP contribution in [0.1, 0.15) is 66.2 Å². The van der Waals surface area contributed by atoms with Crippen molar-refractivity contribution in [3.8, 4) is 0 Å². The molecule has 28 heavy (non-hydrogen) atoms. The maximum atomic E-state index is 13.0. The standard InChI is InChI=1S/C21H28N2O4S/c1-3-14-12(2)28-20(17(14)19(25)22-13-8-4-5-9-13)23-18(24)15-10-6-7-11-16(15)21(26)27/h6-7,13,15-16H,3-5,8-11H2,1-2H3,(H,22,25)(H,23,24)(H,26,27)/t15-,16+/m1/s1. The molecule has 2 atom stereocenters. The van der Waals surface area contributed by atoms with E-state index >= 15 is 0 Å². The molecule has 0 bridgehead atoms. The normalized spacial score (nSPS) is 22.2. The lowest BCUT2D eigenvalue weighted by atomic mass is 9.82. The van der Waals surface area contributed by atoms with Crippen LogP contribution in [-0.2, 0) is 16.0 Å². The van der Waals surface area contributed by atoms with Gasteiger partial charge in [-0.3, -0.25) is 14.4 Å². The third-order valence-electron chi connectivity index (χ3n) is 5.80. The number of aryl methyl sites for hydroxylation is 1. The summed E-state index contributed by atoms with van der Waals surface area (Å²) in [5, 5.41) is 16.0. The Labute approximate surface area is 169 Å². The zero-order valence-electron chi connectivity index (χ0n) is 16.4. The first-order valence-electron chi connectivity index (χ1n) is 10.0. The van der Waals surface area contributed by atoms with Gasteiger partial charge in [-0.25, -0.2) is 0 Å². The zero-order chi connectivity index (χ0) is 20.3. The highest BCUT2D eigenvalue weighted by Crippen LogP contribution is 2.35. The van der Waals surface area contributed by atoms with Gasteiger partial charge in [0, 0.05) is 10.9 Å². The van der Waals surface area contributed by atoms with Gasteiger partial charge in [0.25, 0.3) is 5.91 Å². The highest BCUT2D eigenvalue weighted by Gasteiger charge is 2.35. The molecule has 2 aliphatic carbocycles. The lowest BCUT2D eigenvalue weighted by Crippen LogP contribution is -2.36. The number of hydrogen-bond donors (Lipinski definition) is 3. The summed E-state index contributed by atoms with van der Waals surface area (Å²) in [5.41, 5.74) is 1.50. The quantitative estimate of drug-likeness (QED) is 0.627. The van der Waals surface area contributed by atoms with Crippen molar-refractivity contribution in [1.82, 2.24) is 5.32 Å². The highest BCUT2D eigenvalue weighted by molar-refractivity contribution is 7.16. The van der Waals surface area contributed by atoms with E-state index in [9.17, 15) is 19.5 Å². The Morgan fingerprint density at radius 3 is 2.39 bits per heavy atom. The molecule has 0 radical (unpaired) electrons. The van der Waals surface area contributed by atoms with Crippen molar-refractivity contribution in [3.05, 3.63) is 28.2 Å². The molecular formula is C21H28N2O4S. The fourth-order valence-corrected chi connectivity index (χ4v) is 5.39. The maximum absolute atomic E-state index is 13.0. The van der Waals surface area contributed by atoms with E-state index in [1.165, 1.54) is 11.3 Å². The second kappa shape index (κ2) is 8.90. The van der Waals surface area contributed by atoms with Gasteiger partial charge in [-0.2, -0.15) is 0 Å². The van der Waals surface area contributed by atoms with Crippen molar-refractivity contribution in [3.63, 3.8) is 0 Å². The molecule has 2 amide bonds. The SMILES string of the molecule is CCc1c(C)sc(NC(=O)[C@@H]2CC=CC[C@@H]2C(=O)O)c1C(=O)NC1CCCC1. The first kappa shape index (κ1) is 20.6. The summed E-state index contributed by atoms with van der Waals surface area (Å²) in [5.74, 6) is -2.77. The lowest BCUT2D eigenvalue weighted by Gasteiger charge is -2.24. The molecule has 3 N–H and O–H groups in total. The fraction of sp³-hybridized carbons (Fsp3) is 0.571. The fourth-order valence-electron chi connectivity index (χ4n) is 4.24. The van der Waals surface area contributed by atoms with Gasteiger partial charge in [-0.1, -0.05) is 31.9 Å². The summed E-state index contributed by atoms with van der Waals surface area (Å²) < 4.78 is 0. The molecule has 6 nitrogen and oxygen atoms in total. The van der Waals surface area contributed by atoms with Crippen LogP contribution < -0.4 is 10.6 Å². The van der Waals surface area contributed by atoms with Crippen LogP contribution in [0.2, 0.25) is 0 Å². The number of carboxylic acids is 1. The zero-order valence-corrected chi connectivity index (χ0v) is 17.2. The van der Waals surface area contributed by atoms with Gasteiger partial charge in [-0.05, 0) is 44.6 Å². The first-order chi connectivity index (χ1) is 13.4. The van der Waals surface area contributed by atoms with Gasteiger partial charge < -0.3 is 15.7 Å². The summed E-state index contributed by atoms with van der Waals surface area (Å²) in [6.45, 7) is 3.95. The van der Waals surface area contributed by atoms with E-state index < -0.39 is 17.8 Å². The van der Waals surface area contributed by atoms with E-state index in [0.717, 1.165) is 36.1 Å². The molecule has 0 spiro atoms. The van der Waals surface area contributed by atoms with Crippen molar-refractivity contribution < 1.29 is 19.5 Å². The molecule has 7 heteroatoms. The van der Waals surface area contributed by atoms with Crippen LogP contribution in [0.3, 0.4) is 0 Å². The topological polar surface area (TPSA) is 95.5 Å². The van der Waals surface area contributed by atoms with Crippen molar-refractivity contribution in [2.45, 2.75) is 64.8 Å². The highest BCUT2D eigenvalue weighted by atomic mass is 32.1. The summed E-state index contributed by atoms with van der Waals surface area (Å²) in [6.07, 6.45) is 9.37. The Kier molecular flexibility index (Phi) is 6.54. The van der Waals surface area contributed by atoms with Crippen molar-refractivity contribution in [2.75, 3.05) is 5.32 Å². The molecule has 0 unspecified atom stereocenters. The Morgan fingerprint density at radius 2 is 1.79 bits per heavy atom. The summed E-state index contributed by atoms with van der Waals surface area (Å²) in [4.78, 5) is 38.4. The third kappa shape index (κ3) is 4.29. The Morgan fingerprint density at radius 1 is 1.14 bits per heavy atom. The van der Waals surface area contributed by atoms with Crippen LogP contribution >= 0.6 is 11.3 Å². The summed E-state index contributed by atoms with van der Waals surface area (Å²) >= 11 is 1.40. The smallest absolute Gasteiger partial charge is 0.307 e. The number of nitrogens with one attached hydrogen (secondary N) is 2. The molecule has 2 aliphatic rings. The molecule has 0 saturated heterocycles. The molecule has 0 aliphatic heterocycles. The minimum Gasteiger partial charge on any atom is -0.481 e. The van der Waals surface area contributed by atoms with Gasteiger partial charge >= 0.3 is 5.97 Å². The minimum atomic E-state index is -0.958. The molecule has 1 aromatic rings. The van der Waals surface area contributed by atoms with Gasteiger partial charge in [0.2, 0.25) is 5.91 Å². The van der Waals surface area contributed by atoms with E-state index in [0.29, 0.717) is 29.8 Å². The summed E-state index contributed by atoms with van der Waals surface area (Å²) in [7, 11) is 0. The monoisotopic (exact) mass is 404 g/mol. The van der Waals surface area contributed by atoms with Crippen molar-refractivity contribution in [2.24, 2.45) is 11.8 Å². The Bertz CT molecular complexity index is 793. The third-order valence-corrected chi connectivity index (χ3v) is 6.87. The van der Waals surface area contributed by atoms with Crippen LogP contribution in [0.15, 0.2) is 12.2 Å². The molecule has 152 valence electrons. The molecule has 1 fully saturated rings. The largest absolute Gasteiger partial charge is 0.481 e. The van der Waals surface area contributed by atoms with E-state index in [4.69, 9.17) is 0 Å². The van der Waals surface area contributed by atoms with Crippen LogP contribution in [0, 0.1) is 18.8 Å². The van der Waals surface area contributed by atoms with Gasteiger partial charge in [0.1, 0.15) is 5.00 Å². The van der Waals surface area contributed by atoms with Gasteiger partial charge in [-0.15, -0.1) is 11.3 Å². The number of allylic oxidation sites excluding steroid dienone is 2. The maximum Gasteiger partial charge on any atom is 0.307 e. The number of carboxylic acid groups (broad SMARTS) is 1. The summed E-state index contributed by atoms with van der Waals surface area (Å²) in [6, 6.07) is 0.195. The average Bonchev–Trinajstić information content (AvgIpc) is 3.28. The number of rotatable bonds is 6. The average molecular weight is 405 g/mol. The van der Waals surface area contributed by atoms with Crippen LogP contribution in [0.25, 0.3) is 0 Å². The van der Waals surface area contributed by atoms with Crippen molar-refractivity contribution >= 4 is 34.1 Å². The number of anilines is 1. The molecule has 3 rings (SSSR count). The van der Waals surface area contributed by atoms with Gasteiger partial charge in [0.05, 0.1) is 17.4 Å². The van der Waals surface area contributed by atoms with Crippen LogP contribution in [0.4, 0.5) is 5.00 Å². The van der Waals surface area contributed by atoms with E-state index in [2.05, 4.69) is 10.6 Å². The number of thiophene rings is 1. The van der Waals surface area contributed by atoms with Crippen molar-refractivity contribution in [1.29, 1.82) is 0 Å². The predicted octanol–water partition coefficient (Wildman–Crippen LogP) is 3.90. The second-order valence-electron chi connectivity index (χ2n) is 7.63. The number of carbonyl (C=O) groups is 3.